The van der Waals surface area contributed by atoms with E-state index in [9.17, 15) is 13.2 Å². The van der Waals surface area contributed by atoms with E-state index in [2.05, 4.69) is 0 Å². The van der Waals surface area contributed by atoms with E-state index in [1.807, 2.05) is 0 Å². The van der Waals surface area contributed by atoms with E-state index in [1.54, 1.807) is 6.92 Å². The Hall–Kier alpha value is -1.23. The summed E-state index contributed by atoms with van der Waals surface area (Å²) in [6.07, 6.45) is 0.0858. The van der Waals surface area contributed by atoms with Crippen molar-refractivity contribution in [1.82, 2.24) is 0 Å². The van der Waals surface area contributed by atoms with Crippen LogP contribution in [0.25, 0.3) is 0 Å². The van der Waals surface area contributed by atoms with Crippen molar-refractivity contribution in [2.24, 2.45) is 5.73 Å². The minimum Gasteiger partial charge on any atom is -0.321 e. The Morgan fingerprint density at radius 2 is 1.52 bits per heavy atom. The number of rotatable bonds is 3. The van der Waals surface area contributed by atoms with Crippen molar-refractivity contribution < 1.29 is 13.2 Å². The molecular weight excluding hydrogens is 322 g/mol. The minimum atomic E-state index is -1.11. The first-order chi connectivity index (χ1) is 9.69. The minimum absolute atomic E-state index is 0.0858. The summed E-state index contributed by atoms with van der Waals surface area (Å²) in [7, 11) is 0. The molecule has 2 aromatic rings. The second-order valence-electron chi connectivity index (χ2n) is 5.12. The maximum atomic E-state index is 13.6. The zero-order valence-electron chi connectivity index (χ0n) is 11.1. The number of nitrogens with two attached hydrogens (primary N) is 1. The van der Waals surface area contributed by atoms with Gasteiger partial charge in [0.25, 0.3) is 0 Å². The molecule has 1 atom stereocenters. The van der Waals surface area contributed by atoms with Gasteiger partial charge < -0.3 is 5.73 Å². The third-order valence-electron chi connectivity index (χ3n) is 3.12. The van der Waals surface area contributed by atoms with Crippen LogP contribution in [0.5, 0.6) is 0 Å². The number of hydrogen-bond acceptors (Lipinski definition) is 1. The maximum Gasteiger partial charge on any atom is 0.142 e. The van der Waals surface area contributed by atoms with Gasteiger partial charge in [-0.2, -0.15) is 0 Å². The summed E-state index contributed by atoms with van der Waals surface area (Å²) in [5.74, 6) is -2.05. The fourth-order valence-corrected chi connectivity index (χ4v) is 2.79. The van der Waals surface area contributed by atoms with E-state index in [-0.39, 0.29) is 16.5 Å². The fourth-order valence-electron chi connectivity index (χ4n) is 2.19. The Labute approximate surface area is 130 Å². The van der Waals surface area contributed by atoms with E-state index in [4.69, 9.17) is 28.9 Å². The molecule has 2 aromatic carbocycles. The first kappa shape index (κ1) is 16.1. The summed E-state index contributed by atoms with van der Waals surface area (Å²) < 4.78 is 40.0. The molecule has 0 saturated carbocycles. The summed E-state index contributed by atoms with van der Waals surface area (Å²) in [6, 6.07) is 5.51. The van der Waals surface area contributed by atoms with E-state index >= 15 is 0 Å². The van der Waals surface area contributed by atoms with Crippen LogP contribution in [-0.2, 0) is 12.0 Å². The third kappa shape index (κ3) is 3.70. The predicted molar refractivity (Wildman–Crippen MR) is 78.0 cm³/mol. The van der Waals surface area contributed by atoms with Gasteiger partial charge in [-0.25, -0.2) is 13.2 Å². The molecule has 2 N–H and O–H groups in total. The quantitative estimate of drug-likeness (QED) is 0.800. The van der Waals surface area contributed by atoms with Crippen LogP contribution in [0.15, 0.2) is 30.3 Å². The molecule has 0 aliphatic rings. The van der Waals surface area contributed by atoms with Crippen molar-refractivity contribution in [3.8, 4) is 0 Å². The zero-order chi connectivity index (χ0) is 15.8. The van der Waals surface area contributed by atoms with Crippen LogP contribution >= 0.6 is 23.2 Å². The van der Waals surface area contributed by atoms with Crippen LogP contribution in [-0.4, -0.2) is 0 Å². The van der Waals surface area contributed by atoms with Crippen LogP contribution in [0.3, 0.4) is 0 Å². The Morgan fingerprint density at radius 1 is 0.952 bits per heavy atom. The van der Waals surface area contributed by atoms with Gasteiger partial charge in [-0.1, -0.05) is 23.2 Å². The molecule has 1 unspecified atom stereocenters. The number of halogens is 5. The van der Waals surface area contributed by atoms with E-state index in [0.717, 1.165) is 12.1 Å². The monoisotopic (exact) mass is 333 g/mol. The summed E-state index contributed by atoms with van der Waals surface area (Å²) in [6.45, 7) is 1.60. The van der Waals surface area contributed by atoms with Crippen LogP contribution in [0.1, 0.15) is 18.1 Å². The Bertz CT molecular complexity index is 667. The molecule has 21 heavy (non-hydrogen) atoms. The molecule has 6 heteroatoms. The Kier molecular flexibility index (Phi) is 4.51. The van der Waals surface area contributed by atoms with Crippen molar-refractivity contribution in [3.05, 3.63) is 69.0 Å². The van der Waals surface area contributed by atoms with Crippen molar-refractivity contribution in [2.75, 3.05) is 0 Å². The van der Waals surface area contributed by atoms with Gasteiger partial charge in [0.05, 0.1) is 5.02 Å². The van der Waals surface area contributed by atoms with Crippen molar-refractivity contribution in [3.63, 3.8) is 0 Å². The molecule has 0 fully saturated rings. The van der Waals surface area contributed by atoms with Gasteiger partial charge in [0.15, 0.2) is 0 Å². The van der Waals surface area contributed by atoms with Crippen LogP contribution in [0.4, 0.5) is 13.2 Å². The predicted octanol–water partition coefficient (Wildman–Crippen LogP) is 4.83. The van der Waals surface area contributed by atoms with E-state index in [1.165, 1.54) is 18.2 Å². The fraction of sp³-hybridized carbons (Fsp3) is 0.200. The van der Waals surface area contributed by atoms with Gasteiger partial charge in [-0.15, -0.1) is 0 Å². The van der Waals surface area contributed by atoms with Gasteiger partial charge in [0.2, 0.25) is 0 Å². The average Bonchev–Trinajstić information content (AvgIpc) is 2.31. The first-order valence-electron chi connectivity index (χ1n) is 6.08. The molecule has 0 bridgehead atoms. The lowest BCUT2D eigenvalue weighted by Gasteiger charge is -2.27. The second-order valence-corrected chi connectivity index (χ2v) is 5.93. The first-order valence-corrected chi connectivity index (χ1v) is 6.83. The lowest BCUT2D eigenvalue weighted by atomic mass is 9.86. The summed E-state index contributed by atoms with van der Waals surface area (Å²) >= 11 is 11.7. The lowest BCUT2D eigenvalue weighted by molar-refractivity contribution is 0.482. The Balaban J connectivity index is 2.40. The summed E-state index contributed by atoms with van der Waals surface area (Å²) in [5, 5.41) is 0.0830. The zero-order valence-corrected chi connectivity index (χ0v) is 12.6. The lowest BCUT2D eigenvalue weighted by Crippen LogP contribution is -2.36. The maximum absolute atomic E-state index is 13.6. The molecule has 0 aliphatic carbocycles. The largest absolute Gasteiger partial charge is 0.321 e. The van der Waals surface area contributed by atoms with Crippen LogP contribution < -0.4 is 5.73 Å². The summed E-state index contributed by atoms with van der Waals surface area (Å²) in [5.41, 5.74) is 5.71. The molecule has 0 radical (unpaired) electrons. The molecule has 1 nitrogen and oxygen atoms in total. The van der Waals surface area contributed by atoms with Gasteiger partial charge >= 0.3 is 0 Å². The molecule has 0 spiro atoms. The highest BCUT2D eigenvalue weighted by Gasteiger charge is 2.26. The van der Waals surface area contributed by atoms with Crippen LogP contribution in [0, 0.1) is 17.5 Å². The van der Waals surface area contributed by atoms with Crippen molar-refractivity contribution >= 4 is 23.2 Å². The SMILES string of the molecule is CC(N)(Cc1cc(F)cc(F)c1)c1cc(F)c(Cl)cc1Cl. The molecule has 112 valence electrons. The van der Waals surface area contributed by atoms with Gasteiger partial charge in [-0.05, 0) is 48.7 Å². The molecule has 2 rings (SSSR count). The van der Waals surface area contributed by atoms with Gasteiger partial charge in [-0.3, -0.25) is 0 Å². The Morgan fingerprint density at radius 3 is 2.10 bits per heavy atom. The topological polar surface area (TPSA) is 26.0 Å². The van der Waals surface area contributed by atoms with E-state index < -0.39 is 23.0 Å². The molecule has 0 saturated heterocycles. The van der Waals surface area contributed by atoms with E-state index in [0.29, 0.717) is 11.1 Å². The second kappa shape index (κ2) is 5.87. The average molecular weight is 334 g/mol. The van der Waals surface area contributed by atoms with Gasteiger partial charge in [0, 0.05) is 16.6 Å². The molecular formula is C15H12Cl2F3N. The highest BCUT2D eigenvalue weighted by atomic mass is 35.5. The number of hydrogen-bond donors (Lipinski definition) is 1. The smallest absolute Gasteiger partial charge is 0.142 e. The third-order valence-corrected chi connectivity index (χ3v) is 3.72. The number of benzene rings is 2. The molecule has 0 aliphatic heterocycles. The van der Waals surface area contributed by atoms with Crippen molar-refractivity contribution in [2.45, 2.75) is 18.9 Å². The molecule has 0 aromatic heterocycles. The van der Waals surface area contributed by atoms with Gasteiger partial charge in [0.1, 0.15) is 17.5 Å². The highest BCUT2D eigenvalue weighted by molar-refractivity contribution is 6.35. The highest BCUT2D eigenvalue weighted by Crippen LogP contribution is 2.33. The van der Waals surface area contributed by atoms with Crippen LogP contribution in [0.2, 0.25) is 10.0 Å². The van der Waals surface area contributed by atoms with Crippen molar-refractivity contribution in [1.29, 1.82) is 0 Å². The summed E-state index contributed by atoms with van der Waals surface area (Å²) in [4.78, 5) is 0. The molecule has 0 amide bonds. The normalized spacial score (nSPS) is 14.0. The standard InChI is InChI=1S/C15H12Cl2F3N/c1-15(21,7-8-2-9(18)4-10(19)3-8)11-5-14(20)13(17)6-12(11)16/h2-6H,7,21H2,1H3. The molecule has 0 heterocycles.